The molecule has 0 saturated carbocycles. The summed E-state index contributed by atoms with van der Waals surface area (Å²) in [6.07, 6.45) is -1.41. The molecule has 5 rings (SSSR count). The summed E-state index contributed by atoms with van der Waals surface area (Å²) < 4.78 is 46.7. The zero-order valence-electron chi connectivity index (χ0n) is 22.6. The number of nitrogens with zero attached hydrogens (tertiary/aromatic N) is 6. The molecule has 3 aromatic rings. The maximum atomic E-state index is 12.4. The number of rotatable bonds is 7. The van der Waals surface area contributed by atoms with Gasteiger partial charge in [-0.1, -0.05) is 19.1 Å². The Morgan fingerprint density at radius 1 is 0.974 bits per heavy atom. The van der Waals surface area contributed by atoms with E-state index >= 15 is 0 Å². The second-order valence-corrected chi connectivity index (χ2v) is 10.4. The zero-order valence-corrected chi connectivity index (χ0v) is 22.6. The van der Waals surface area contributed by atoms with E-state index in [4.69, 9.17) is 9.40 Å². The summed E-state index contributed by atoms with van der Waals surface area (Å²) in [5.41, 5.74) is 3.79. The summed E-state index contributed by atoms with van der Waals surface area (Å²) in [5.74, 6) is 0.783. The average Bonchev–Trinajstić information content (AvgIpc) is 3.35. The molecule has 1 atom stereocenters. The Kier molecular flexibility index (Phi) is 8.08. The Balaban J connectivity index is 1.14. The van der Waals surface area contributed by atoms with Crippen LogP contribution in [0.4, 0.5) is 18.9 Å². The first-order chi connectivity index (χ1) is 18.7. The van der Waals surface area contributed by atoms with Crippen molar-refractivity contribution >= 4 is 5.69 Å². The van der Waals surface area contributed by atoms with Crippen LogP contribution in [-0.4, -0.2) is 76.2 Å². The number of pyridine rings is 1. The van der Waals surface area contributed by atoms with E-state index in [2.05, 4.69) is 42.6 Å². The molecular formula is C28H35F3N6O2. The third kappa shape index (κ3) is 6.70. The van der Waals surface area contributed by atoms with E-state index in [9.17, 15) is 13.2 Å². The summed E-state index contributed by atoms with van der Waals surface area (Å²) in [6, 6.07) is 11.3. The van der Waals surface area contributed by atoms with Crippen molar-refractivity contribution in [3.63, 3.8) is 0 Å². The molecule has 0 spiro atoms. The highest BCUT2D eigenvalue weighted by molar-refractivity contribution is 5.57. The van der Waals surface area contributed by atoms with Crippen molar-refractivity contribution in [1.29, 1.82) is 0 Å². The van der Waals surface area contributed by atoms with E-state index in [0.29, 0.717) is 29.6 Å². The van der Waals surface area contributed by atoms with E-state index in [0.717, 1.165) is 75.5 Å². The SMILES string of the molecule is CC[C@H]1CN(c2ccc(-c3nnc(C)o3)nc2C)CCN1C1CCN(Cc2ccc(OC(F)(F)F)cc2)CC1. The standard InChI is InChI=1S/C28H35F3N6O2/c1-4-22-18-36(26-10-9-25(32-19(26)2)27-34-33-20(3)38-27)15-16-37(22)23-11-13-35(14-12-23)17-21-5-7-24(8-6-21)39-28(29,30)31/h5-10,22-23H,4,11-18H2,1-3H3/t22-/m0/s1. The van der Waals surface area contributed by atoms with Crippen LogP contribution >= 0.6 is 0 Å². The van der Waals surface area contributed by atoms with Crippen molar-refractivity contribution in [2.24, 2.45) is 0 Å². The number of hydrogen-bond donors (Lipinski definition) is 0. The predicted molar refractivity (Wildman–Crippen MR) is 141 cm³/mol. The van der Waals surface area contributed by atoms with E-state index in [-0.39, 0.29) is 5.75 Å². The minimum Gasteiger partial charge on any atom is -0.420 e. The van der Waals surface area contributed by atoms with Gasteiger partial charge in [-0.05, 0) is 69.1 Å². The second kappa shape index (κ2) is 11.5. The molecule has 8 nitrogen and oxygen atoms in total. The predicted octanol–water partition coefficient (Wildman–Crippen LogP) is 5.21. The fourth-order valence-electron chi connectivity index (χ4n) is 5.80. The van der Waals surface area contributed by atoms with Crippen molar-refractivity contribution in [3.05, 3.63) is 53.5 Å². The maximum absolute atomic E-state index is 12.4. The molecule has 2 aliphatic rings. The minimum absolute atomic E-state index is 0.182. The van der Waals surface area contributed by atoms with Crippen LogP contribution in [0, 0.1) is 13.8 Å². The zero-order chi connectivity index (χ0) is 27.6. The average molecular weight is 545 g/mol. The third-order valence-electron chi connectivity index (χ3n) is 7.73. The number of aromatic nitrogens is 3. The normalized spacial score (nSPS) is 19.9. The molecule has 0 radical (unpaired) electrons. The van der Waals surface area contributed by atoms with Crippen LogP contribution in [0.1, 0.15) is 43.3 Å². The van der Waals surface area contributed by atoms with Gasteiger partial charge >= 0.3 is 6.36 Å². The Morgan fingerprint density at radius 2 is 1.72 bits per heavy atom. The fourth-order valence-corrected chi connectivity index (χ4v) is 5.80. The molecule has 11 heteroatoms. The number of benzene rings is 1. The van der Waals surface area contributed by atoms with Crippen molar-refractivity contribution in [2.75, 3.05) is 37.6 Å². The highest BCUT2D eigenvalue weighted by Crippen LogP contribution is 2.30. The van der Waals surface area contributed by atoms with E-state index < -0.39 is 6.36 Å². The number of piperidine rings is 1. The van der Waals surface area contributed by atoms with Crippen molar-refractivity contribution in [1.82, 2.24) is 25.0 Å². The van der Waals surface area contributed by atoms with Gasteiger partial charge in [-0.15, -0.1) is 23.4 Å². The molecule has 39 heavy (non-hydrogen) atoms. The first kappa shape index (κ1) is 27.4. The second-order valence-electron chi connectivity index (χ2n) is 10.4. The fraction of sp³-hybridized carbons (Fsp3) is 0.536. The molecule has 0 unspecified atom stereocenters. The van der Waals surface area contributed by atoms with Crippen molar-refractivity contribution in [2.45, 2.75) is 65.0 Å². The molecular weight excluding hydrogens is 509 g/mol. The van der Waals surface area contributed by atoms with Crippen LogP contribution in [0.5, 0.6) is 5.75 Å². The maximum Gasteiger partial charge on any atom is 0.573 e. The summed E-state index contributed by atoms with van der Waals surface area (Å²) in [5, 5.41) is 7.99. The molecule has 4 heterocycles. The number of ether oxygens (including phenoxy) is 1. The minimum atomic E-state index is -4.67. The lowest BCUT2D eigenvalue weighted by molar-refractivity contribution is -0.274. The van der Waals surface area contributed by atoms with Gasteiger partial charge in [0.05, 0.1) is 11.4 Å². The van der Waals surface area contributed by atoms with E-state index in [1.54, 1.807) is 19.1 Å². The first-order valence-corrected chi connectivity index (χ1v) is 13.5. The van der Waals surface area contributed by atoms with Gasteiger partial charge in [0.15, 0.2) is 0 Å². The van der Waals surface area contributed by atoms with Gasteiger partial charge in [0.1, 0.15) is 11.4 Å². The molecule has 2 aliphatic heterocycles. The number of hydrogen-bond acceptors (Lipinski definition) is 8. The van der Waals surface area contributed by atoms with Crippen LogP contribution in [-0.2, 0) is 6.54 Å². The molecule has 2 fully saturated rings. The molecule has 0 amide bonds. The quantitative estimate of drug-likeness (QED) is 0.402. The lowest BCUT2D eigenvalue weighted by Crippen LogP contribution is -2.58. The van der Waals surface area contributed by atoms with Crippen molar-refractivity contribution in [3.8, 4) is 17.3 Å². The van der Waals surface area contributed by atoms with Gasteiger partial charge in [-0.3, -0.25) is 9.80 Å². The largest absolute Gasteiger partial charge is 0.573 e. The van der Waals surface area contributed by atoms with Crippen molar-refractivity contribution < 1.29 is 22.3 Å². The number of anilines is 1. The van der Waals surface area contributed by atoms with Gasteiger partial charge in [0, 0.05) is 45.2 Å². The number of aryl methyl sites for hydroxylation is 2. The molecule has 2 saturated heterocycles. The van der Waals surface area contributed by atoms with E-state index in [1.165, 1.54) is 12.1 Å². The molecule has 2 aromatic heterocycles. The van der Waals surface area contributed by atoms with Crippen LogP contribution in [0.15, 0.2) is 40.8 Å². The van der Waals surface area contributed by atoms with Crippen LogP contribution in [0.25, 0.3) is 11.6 Å². The van der Waals surface area contributed by atoms with Gasteiger partial charge < -0.3 is 14.1 Å². The van der Waals surface area contributed by atoms with Gasteiger partial charge in [-0.25, -0.2) is 4.98 Å². The molecule has 0 bridgehead atoms. The number of halogens is 3. The highest BCUT2D eigenvalue weighted by Gasteiger charge is 2.34. The summed E-state index contributed by atoms with van der Waals surface area (Å²) >= 11 is 0. The third-order valence-corrected chi connectivity index (χ3v) is 7.73. The first-order valence-electron chi connectivity index (χ1n) is 13.5. The molecule has 0 N–H and O–H groups in total. The summed E-state index contributed by atoms with van der Waals surface area (Å²) in [6.45, 7) is 11.7. The van der Waals surface area contributed by atoms with Crippen LogP contribution < -0.4 is 9.64 Å². The van der Waals surface area contributed by atoms with Gasteiger partial charge in [0.2, 0.25) is 5.89 Å². The molecule has 1 aromatic carbocycles. The summed E-state index contributed by atoms with van der Waals surface area (Å²) in [7, 11) is 0. The lowest BCUT2D eigenvalue weighted by atomic mass is 9.97. The Bertz CT molecular complexity index is 1240. The van der Waals surface area contributed by atoms with Crippen LogP contribution in [0.3, 0.4) is 0 Å². The summed E-state index contributed by atoms with van der Waals surface area (Å²) in [4.78, 5) is 12.3. The molecule has 0 aliphatic carbocycles. The Labute approximate surface area is 226 Å². The van der Waals surface area contributed by atoms with Gasteiger partial charge in [0.25, 0.3) is 5.89 Å². The molecule has 210 valence electrons. The number of likely N-dealkylation sites (tertiary alicyclic amines) is 1. The Morgan fingerprint density at radius 3 is 2.33 bits per heavy atom. The highest BCUT2D eigenvalue weighted by atomic mass is 19.4. The van der Waals surface area contributed by atoms with Crippen LogP contribution in [0.2, 0.25) is 0 Å². The topological polar surface area (TPSA) is 70.8 Å². The monoisotopic (exact) mass is 544 g/mol. The lowest BCUT2D eigenvalue weighted by Gasteiger charge is -2.48. The van der Waals surface area contributed by atoms with Gasteiger partial charge in [-0.2, -0.15) is 0 Å². The Hall–Kier alpha value is -3.18. The number of piperazine rings is 1. The number of alkyl halides is 3. The van der Waals surface area contributed by atoms with E-state index in [1.807, 2.05) is 13.0 Å². The smallest absolute Gasteiger partial charge is 0.420 e.